The highest BCUT2D eigenvalue weighted by Crippen LogP contribution is 2.65. The number of likely N-dealkylation sites (tertiary alicyclic amines) is 1. The van der Waals surface area contributed by atoms with Gasteiger partial charge < -0.3 is 0 Å². The lowest BCUT2D eigenvalue weighted by molar-refractivity contribution is -0.140. The summed E-state index contributed by atoms with van der Waals surface area (Å²) in [5.41, 5.74) is 0.798. The quantitative estimate of drug-likeness (QED) is 0.621. The number of hydrogen-bond donors (Lipinski definition) is 0. The smallest absolute Gasteiger partial charge is 0.234 e. The Kier molecular flexibility index (Phi) is 2.32. The molecule has 112 valence electrons. The molecule has 6 atom stereocenters. The number of allylic oxidation sites excluding steroid dienone is 2. The number of hydrogen-bond acceptors (Lipinski definition) is 2. The third kappa shape index (κ3) is 1.50. The molecule has 0 radical (unpaired) electrons. The molecule has 2 bridgehead atoms. The van der Waals surface area contributed by atoms with Gasteiger partial charge in [0.05, 0.1) is 18.4 Å². The molecular formula is C18H16FNO2. The third-order valence-corrected chi connectivity index (χ3v) is 6.01. The highest BCUT2D eigenvalue weighted by atomic mass is 19.1. The van der Waals surface area contributed by atoms with Crippen molar-refractivity contribution in [2.45, 2.75) is 13.0 Å². The molecule has 1 aliphatic heterocycles. The predicted molar refractivity (Wildman–Crippen MR) is 76.7 cm³/mol. The maximum absolute atomic E-state index is 13.0. The average Bonchev–Trinajstić information content (AvgIpc) is 3.30. The van der Waals surface area contributed by atoms with E-state index >= 15 is 0 Å². The SMILES string of the molecule is O=C1[C@@H]2[C@H]3C=C[C@@H]([C@@H]4C[C@H]34)[C@H]2C(=O)N1Cc1ccc(F)cc1. The molecule has 0 unspecified atom stereocenters. The summed E-state index contributed by atoms with van der Waals surface area (Å²) in [5, 5.41) is 0. The maximum atomic E-state index is 13.0. The Morgan fingerprint density at radius 3 is 2.05 bits per heavy atom. The van der Waals surface area contributed by atoms with Crippen LogP contribution in [0.3, 0.4) is 0 Å². The predicted octanol–water partition coefficient (Wildman–Crippen LogP) is 2.38. The van der Waals surface area contributed by atoms with E-state index in [4.69, 9.17) is 0 Å². The van der Waals surface area contributed by atoms with E-state index < -0.39 is 0 Å². The lowest BCUT2D eigenvalue weighted by Crippen LogP contribution is -2.40. The van der Waals surface area contributed by atoms with E-state index in [0.29, 0.717) is 11.8 Å². The number of rotatable bonds is 2. The summed E-state index contributed by atoms with van der Waals surface area (Å²) in [6.07, 6.45) is 5.52. The molecule has 6 rings (SSSR count). The summed E-state index contributed by atoms with van der Waals surface area (Å²) in [6.45, 7) is 0.264. The van der Waals surface area contributed by atoms with E-state index in [-0.39, 0.29) is 47.8 Å². The highest BCUT2D eigenvalue weighted by Gasteiger charge is 2.66. The van der Waals surface area contributed by atoms with Crippen LogP contribution in [-0.4, -0.2) is 16.7 Å². The molecule has 4 aliphatic carbocycles. The first kappa shape index (κ1) is 12.6. The summed E-state index contributed by atoms with van der Waals surface area (Å²) < 4.78 is 13.0. The van der Waals surface area contributed by atoms with E-state index in [2.05, 4.69) is 12.2 Å². The topological polar surface area (TPSA) is 37.4 Å². The minimum Gasteiger partial charge on any atom is -0.278 e. The van der Waals surface area contributed by atoms with Crippen LogP contribution in [0.15, 0.2) is 36.4 Å². The van der Waals surface area contributed by atoms with Crippen LogP contribution in [0, 0.1) is 41.3 Å². The Morgan fingerprint density at radius 2 is 1.50 bits per heavy atom. The molecule has 0 N–H and O–H groups in total. The summed E-state index contributed by atoms with van der Waals surface area (Å²) in [5.74, 6) is 1.12. The van der Waals surface area contributed by atoms with Crippen molar-refractivity contribution in [3.8, 4) is 0 Å². The van der Waals surface area contributed by atoms with Gasteiger partial charge in [0.15, 0.2) is 0 Å². The van der Waals surface area contributed by atoms with Crippen LogP contribution in [0.1, 0.15) is 12.0 Å². The molecular weight excluding hydrogens is 281 g/mol. The van der Waals surface area contributed by atoms with Gasteiger partial charge >= 0.3 is 0 Å². The molecule has 1 aromatic rings. The van der Waals surface area contributed by atoms with Crippen molar-refractivity contribution in [1.82, 2.24) is 4.90 Å². The van der Waals surface area contributed by atoms with E-state index in [9.17, 15) is 14.0 Å². The first-order valence-electron chi connectivity index (χ1n) is 7.93. The first-order valence-corrected chi connectivity index (χ1v) is 7.93. The molecule has 4 heteroatoms. The summed E-state index contributed by atoms with van der Waals surface area (Å²) in [4.78, 5) is 26.9. The molecule has 2 saturated carbocycles. The van der Waals surface area contributed by atoms with Crippen molar-refractivity contribution in [2.75, 3.05) is 0 Å². The van der Waals surface area contributed by atoms with Gasteiger partial charge in [-0.3, -0.25) is 14.5 Å². The fraction of sp³-hybridized carbons (Fsp3) is 0.444. The molecule has 1 heterocycles. The van der Waals surface area contributed by atoms with Gasteiger partial charge in [0, 0.05) is 0 Å². The molecule has 3 fully saturated rings. The van der Waals surface area contributed by atoms with E-state index in [1.807, 2.05) is 0 Å². The first-order chi connectivity index (χ1) is 10.6. The summed E-state index contributed by atoms with van der Waals surface area (Å²) in [7, 11) is 0. The van der Waals surface area contributed by atoms with Gasteiger partial charge in [-0.15, -0.1) is 0 Å². The Balaban J connectivity index is 1.46. The zero-order valence-corrected chi connectivity index (χ0v) is 12.0. The van der Waals surface area contributed by atoms with Crippen LogP contribution in [0.4, 0.5) is 4.39 Å². The van der Waals surface area contributed by atoms with Crippen LogP contribution in [0.2, 0.25) is 0 Å². The molecule has 2 amide bonds. The standard InChI is InChI=1S/C18H16FNO2/c19-10-3-1-9(2-4-10)8-20-17(21)15-11-5-6-12(14-7-13(11)14)16(15)18(20)22/h1-6,11-16H,7-8H2/t11-,12-,13-,14+,15+,16+/m0/s1. The number of carbonyl (C=O) groups is 2. The highest BCUT2D eigenvalue weighted by molar-refractivity contribution is 6.06. The average molecular weight is 297 g/mol. The molecule has 1 aromatic carbocycles. The Morgan fingerprint density at radius 1 is 0.955 bits per heavy atom. The van der Waals surface area contributed by atoms with Crippen LogP contribution < -0.4 is 0 Å². The molecule has 22 heavy (non-hydrogen) atoms. The zero-order chi connectivity index (χ0) is 15.0. The number of nitrogens with zero attached hydrogens (tertiary/aromatic N) is 1. The molecule has 1 saturated heterocycles. The van der Waals surface area contributed by atoms with Gasteiger partial charge in [0.1, 0.15) is 5.82 Å². The fourth-order valence-electron chi connectivity index (χ4n) is 4.95. The minimum absolute atomic E-state index is 0.0241. The number of carbonyl (C=O) groups excluding carboxylic acids is 2. The number of benzene rings is 1. The molecule has 3 nitrogen and oxygen atoms in total. The molecule has 0 spiro atoms. The van der Waals surface area contributed by atoms with Crippen LogP contribution >= 0.6 is 0 Å². The Hall–Kier alpha value is -1.97. The van der Waals surface area contributed by atoms with E-state index in [1.54, 1.807) is 12.1 Å². The minimum atomic E-state index is -0.307. The van der Waals surface area contributed by atoms with Gasteiger partial charge in [-0.25, -0.2) is 4.39 Å². The largest absolute Gasteiger partial charge is 0.278 e. The second-order valence-corrected chi connectivity index (χ2v) is 7.04. The normalized spacial score (nSPS) is 40.9. The lowest BCUT2D eigenvalue weighted by atomic mass is 9.63. The summed E-state index contributed by atoms with van der Waals surface area (Å²) >= 11 is 0. The summed E-state index contributed by atoms with van der Waals surface area (Å²) in [6, 6.07) is 6.02. The van der Waals surface area contributed by atoms with Crippen LogP contribution in [0.25, 0.3) is 0 Å². The Bertz CT molecular complexity index is 674. The van der Waals surface area contributed by atoms with Gasteiger partial charge in [-0.2, -0.15) is 0 Å². The molecule has 0 aromatic heterocycles. The van der Waals surface area contributed by atoms with E-state index in [1.165, 1.54) is 23.5 Å². The number of amides is 2. The van der Waals surface area contributed by atoms with Crippen molar-refractivity contribution in [1.29, 1.82) is 0 Å². The van der Waals surface area contributed by atoms with Crippen molar-refractivity contribution < 1.29 is 14.0 Å². The Labute approximate surface area is 127 Å². The second-order valence-electron chi connectivity index (χ2n) is 7.04. The monoisotopic (exact) mass is 297 g/mol. The molecule has 5 aliphatic rings. The zero-order valence-electron chi connectivity index (χ0n) is 12.0. The number of imide groups is 1. The van der Waals surface area contributed by atoms with E-state index in [0.717, 1.165) is 5.56 Å². The third-order valence-electron chi connectivity index (χ3n) is 6.01. The van der Waals surface area contributed by atoms with Crippen molar-refractivity contribution in [3.63, 3.8) is 0 Å². The van der Waals surface area contributed by atoms with Gasteiger partial charge in [-0.1, -0.05) is 24.3 Å². The maximum Gasteiger partial charge on any atom is 0.234 e. The lowest BCUT2D eigenvalue weighted by Gasteiger charge is -2.37. The number of halogens is 1. The van der Waals surface area contributed by atoms with Gasteiger partial charge in [0.2, 0.25) is 11.8 Å². The van der Waals surface area contributed by atoms with Gasteiger partial charge in [-0.05, 0) is 47.8 Å². The van der Waals surface area contributed by atoms with Crippen molar-refractivity contribution in [2.24, 2.45) is 35.5 Å². The van der Waals surface area contributed by atoms with Crippen molar-refractivity contribution in [3.05, 3.63) is 47.8 Å². The fourth-order valence-corrected chi connectivity index (χ4v) is 4.95. The van der Waals surface area contributed by atoms with Crippen LogP contribution in [0.5, 0.6) is 0 Å². The second kappa shape index (κ2) is 4.06. The van der Waals surface area contributed by atoms with Crippen LogP contribution in [-0.2, 0) is 16.1 Å². The van der Waals surface area contributed by atoms with Crippen molar-refractivity contribution >= 4 is 11.8 Å². The van der Waals surface area contributed by atoms with Gasteiger partial charge in [0.25, 0.3) is 0 Å².